The molecule has 3 rings (SSSR count). The Morgan fingerprint density at radius 3 is 2.41 bits per heavy atom. The summed E-state index contributed by atoms with van der Waals surface area (Å²) in [5.41, 5.74) is 2.36. The summed E-state index contributed by atoms with van der Waals surface area (Å²) in [5, 5.41) is 5.38. The highest BCUT2D eigenvalue weighted by atomic mass is 16.5. The standard InChI is InChI=1S/C23H30N2O2/c1-17-8-6-7-11-21(17)25-22(26)16-24-23(18-9-4-3-5-10-18)19-12-14-20(27-2)15-13-19/h3-5,9-10,12-15,17,21,23-24H,6-8,11,16H2,1-2H3,(H,25,26)/p+1/t17-,21+,23+/m1/s1. The van der Waals surface area contributed by atoms with Gasteiger partial charge in [-0.15, -0.1) is 0 Å². The minimum absolute atomic E-state index is 0.0895. The average Bonchev–Trinajstić information content (AvgIpc) is 2.71. The summed E-state index contributed by atoms with van der Waals surface area (Å²) in [6, 6.07) is 18.9. The molecule has 0 radical (unpaired) electrons. The Kier molecular flexibility index (Phi) is 6.88. The highest BCUT2D eigenvalue weighted by Crippen LogP contribution is 2.24. The molecule has 0 bridgehead atoms. The average molecular weight is 368 g/mol. The van der Waals surface area contributed by atoms with E-state index in [1.54, 1.807) is 7.11 Å². The Morgan fingerprint density at radius 2 is 1.74 bits per heavy atom. The first-order chi connectivity index (χ1) is 13.2. The smallest absolute Gasteiger partial charge is 0.275 e. The van der Waals surface area contributed by atoms with Crippen molar-refractivity contribution < 1.29 is 14.8 Å². The molecule has 0 aliphatic heterocycles. The summed E-state index contributed by atoms with van der Waals surface area (Å²) < 4.78 is 5.27. The lowest BCUT2D eigenvalue weighted by Gasteiger charge is -2.29. The molecule has 1 aliphatic rings. The molecule has 4 heteroatoms. The van der Waals surface area contributed by atoms with Crippen LogP contribution in [0.4, 0.5) is 0 Å². The number of carbonyl (C=O) groups excluding carboxylic acids is 1. The van der Waals surface area contributed by atoms with Gasteiger partial charge in [0.15, 0.2) is 6.54 Å². The van der Waals surface area contributed by atoms with E-state index in [4.69, 9.17) is 4.74 Å². The molecule has 0 spiro atoms. The van der Waals surface area contributed by atoms with Crippen molar-refractivity contribution in [1.29, 1.82) is 0 Å². The molecule has 1 fully saturated rings. The molecule has 0 aromatic heterocycles. The summed E-state index contributed by atoms with van der Waals surface area (Å²) in [7, 11) is 1.67. The Balaban J connectivity index is 1.67. The zero-order chi connectivity index (χ0) is 19.1. The lowest BCUT2D eigenvalue weighted by molar-refractivity contribution is -0.676. The second-order valence-corrected chi connectivity index (χ2v) is 7.54. The molecule has 1 amide bonds. The molecule has 0 unspecified atom stereocenters. The molecular weight excluding hydrogens is 336 g/mol. The number of nitrogens with two attached hydrogens (primary N) is 1. The Labute approximate surface area is 162 Å². The van der Waals surface area contributed by atoms with E-state index < -0.39 is 0 Å². The minimum Gasteiger partial charge on any atom is -0.497 e. The van der Waals surface area contributed by atoms with Gasteiger partial charge in [-0.1, -0.05) is 50.1 Å². The summed E-state index contributed by atoms with van der Waals surface area (Å²) in [5.74, 6) is 1.55. The van der Waals surface area contributed by atoms with Crippen LogP contribution in [0.1, 0.15) is 49.8 Å². The largest absolute Gasteiger partial charge is 0.497 e. The summed E-state index contributed by atoms with van der Waals surface area (Å²) in [6.07, 6.45) is 4.82. The Hall–Kier alpha value is -2.33. The molecule has 27 heavy (non-hydrogen) atoms. The molecule has 1 saturated carbocycles. The second-order valence-electron chi connectivity index (χ2n) is 7.54. The van der Waals surface area contributed by atoms with Crippen LogP contribution in [0.2, 0.25) is 0 Å². The van der Waals surface area contributed by atoms with Gasteiger partial charge in [0.05, 0.1) is 7.11 Å². The molecule has 2 aromatic carbocycles. The van der Waals surface area contributed by atoms with Crippen molar-refractivity contribution in [3.05, 3.63) is 65.7 Å². The quantitative estimate of drug-likeness (QED) is 0.790. The van der Waals surface area contributed by atoms with Gasteiger partial charge in [-0.25, -0.2) is 0 Å². The van der Waals surface area contributed by atoms with E-state index in [-0.39, 0.29) is 11.9 Å². The van der Waals surface area contributed by atoms with Gasteiger partial charge in [0, 0.05) is 17.2 Å². The van der Waals surface area contributed by atoms with Crippen LogP contribution in [-0.4, -0.2) is 25.6 Å². The van der Waals surface area contributed by atoms with Crippen LogP contribution >= 0.6 is 0 Å². The first kappa shape index (κ1) is 19.4. The van der Waals surface area contributed by atoms with Crippen LogP contribution in [0.25, 0.3) is 0 Å². The number of hydrogen-bond donors (Lipinski definition) is 2. The molecule has 4 nitrogen and oxygen atoms in total. The molecule has 144 valence electrons. The number of nitrogens with one attached hydrogen (secondary N) is 1. The SMILES string of the molecule is COc1ccc([C@@H]([NH2+]CC(=O)N[C@H]2CCCC[C@H]2C)c2ccccc2)cc1. The van der Waals surface area contributed by atoms with Crippen molar-refractivity contribution in [2.45, 2.75) is 44.7 Å². The van der Waals surface area contributed by atoms with Crippen LogP contribution in [0.15, 0.2) is 54.6 Å². The number of amides is 1. The van der Waals surface area contributed by atoms with E-state index in [0.717, 1.165) is 12.2 Å². The van der Waals surface area contributed by atoms with Crippen molar-refractivity contribution in [2.24, 2.45) is 5.92 Å². The van der Waals surface area contributed by atoms with Crippen molar-refractivity contribution in [3.8, 4) is 5.75 Å². The van der Waals surface area contributed by atoms with Gasteiger partial charge in [-0.3, -0.25) is 4.79 Å². The fourth-order valence-corrected chi connectivity index (χ4v) is 3.96. The molecule has 3 N–H and O–H groups in total. The number of benzene rings is 2. The zero-order valence-electron chi connectivity index (χ0n) is 16.4. The van der Waals surface area contributed by atoms with Crippen molar-refractivity contribution in [2.75, 3.05) is 13.7 Å². The maximum Gasteiger partial charge on any atom is 0.275 e. The normalized spacial score (nSPS) is 20.7. The van der Waals surface area contributed by atoms with Crippen molar-refractivity contribution >= 4 is 5.91 Å². The predicted molar refractivity (Wildman–Crippen MR) is 108 cm³/mol. The third-order valence-corrected chi connectivity index (χ3v) is 5.63. The first-order valence-electron chi connectivity index (χ1n) is 9.99. The second kappa shape index (κ2) is 9.56. The third kappa shape index (κ3) is 5.33. The monoisotopic (exact) mass is 367 g/mol. The van der Waals surface area contributed by atoms with E-state index in [2.05, 4.69) is 41.8 Å². The van der Waals surface area contributed by atoms with E-state index >= 15 is 0 Å². The highest BCUT2D eigenvalue weighted by molar-refractivity contribution is 5.77. The summed E-state index contributed by atoms with van der Waals surface area (Å²) in [6.45, 7) is 2.67. The lowest BCUT2D eigenvalue weighted by Crippen LogP contribution is -2.88. The maximum atomic E-state index is 12.6. The van der Waals surface area contributed by atoms with Crippen LogP contribution < -0.4 is 15.4 Å². The van der Waals surface area contributed by atoms with Crippen LogP contribution in [0.5, 0.6) is 5.75 Å². The van der Waals surface area contributed by atoms with Crippen LogP contribution in [0.3, 0.4) is 0 Å². The molecule has 3 atom stereocenters. The van der Waals surface area contributed by atoms with Gasteiger partial charge in [0.2, 0.25) is 0 Å². The first-order valence-corrected chi connectivity index (χ1v) is 9.99. The van der Waals surface area contributed by atoms with Gasteiger partial charge in [-0.2, -0.15) is 0 Å². The minimum atomic E-state index is 0.0895. The number of hydrogen-bond acceptors (Lipinski definition) is 2. The van der Waals surface area contributed by atoms with E-state index in [0.29, 0.717) is 18.5 Å². The Morgan fingerprint density at radius 1 is 1.07 bits per heavy atom. The van der Waals surface area contributed by atoms with E-state index in [9.17, 15) is 4.79 Å². The number of methoxy groups -OCH3 is 1. The summed E-state index contributed by atoms with van der Waals surface area (Å²) in [4.78, 5) is 12.6. The lowest BCUT2D eigenvalue weighted by atomic mass is 9.86. The molecule has 2 aromatic rings. The fourth-order valence-electron chi connectivity index (χ4n) is 3.96. The molecule has 1 aliphatic carbocycles. The van der Waals surface area contributed by atoms with Gasteiger partial charge in [0.25, 0.3) is 5.91 Å². The highest BCUT2D eigenvalue weighted by Gasteiger charge is 2.24. The van der Waals surface area contributed by atoms with Gasteiger partial charge >= 0.3 is 0 Å². The molecular formula is C23H31N2O2+. The number of rotatable bonds is 7. The predicted octanol–water partition coefficient (Wildman–Crippen LogP) is 3.04. The number of carbonyl (C=O) groups is 1. The topological polar surface area (TPSA) is 54.9 Å². The van der Waals surface area contributed by atoms with Gasteiger partial charge in [0.1, 0.15) is 11.8 Å². The molecule has 0 heterocycles. The summed E-state index contributed by atoms with van der Waals surface area (Å²) >= 11 is 0. The van der Waals surface area contributed by atoms with Gasteiger partial charge in [-0.05, 0) is 43.0 Å². The van der Waals surface area contributed by atoms with Gasteiger partial charge < -0.3 is 15.4 Å². The van der Waals surface area contributed by atoms with Crippen LogP contribution in [0, 0.1) is 5.92 Å². The van der Waals surface area contributed by atoms with Crippen molar-refractivity contribution in [3.63, 3.8) is 0 Å². The Bertz CT molecular complexity index is 715. The molecule has 0 saturated heterocycles. The van der Waals surface area contributed by atoms with Crippen LogP contribution in [-0.2, 0) is 4.79 Å². The fraction of sp³-hybridized carbons (Fsp3) is 0.435. The number of ether oxygens (including phenoxy) is 1. The van der Waals surface area contributed by atoms with E-state index in [1.165, 1.54) is 30.4 Å². The third-order valence-electron chi connectivity index (χ3n) is 5.63. The van der Waals surface area contributed by atoms with Crippen molar-refractivity contribution in [1.82, 2.24) is 5.32 Å². The zero-order valence-corrected chi connectivity index (χ0v) is 16.4. The number of quaternary nitrogens is 1. The van der Waals surface area contributed by atoms with E-state index in [1.807, 2.05) is 30.3 Å². The maximum absolute atomic E-state index is 12.6.